The van der Waals surface area contributed by atoms with Crippen molar-refractivity contribution in [2.24, 2.45) is 0 Å². The van der Waals surface area contributed by atoms with E-state index in [1.807, 2.05) is 39.0 Å². The number of fused-ring (bicyclic) bond motifs is 1. The van der Waals surface area contributed by atoms with Gasteiger partial charge in [0, 0.05) is 5.56 Å². The van der Waals surface area contributed by atoms with E-state index in [1.54, 1.807) is 0 Å². The molecule has 0 atom stereocenters. The van der Waals surface area contributed by atoms with Gasteiger partial charge in [0.2, 0.25) is 0 Å². The van der Waals surface area contributed by atoms with Crippen LogP contribution in [0, 0.1) is 12.7 Å². The lowest BCUT2D eigenvalue weighted by Crippen LogP contribution is -2.40. The standard InChI is InChI=1S/C21H23FN2O4S/c1-13(2)16-6-4-14(3)10-19(16)28-12-21(25)24-23-18-8-9-29(26,27)20-7-5-15(22)11-17(18)20/h4-8,10-11,13,23H,9,12H2,1-3H3,(H,24,25). The Kier molecular flexibility index (Phi) is 5.93. The summed E-state index contributed by atoms with van der Waals surface area (Å²) >= 11 is 0. The van der Waals surface area contributed by atoms with Crippen LogP contribution in [-0.2, 0) is 14.6 Å². The fourth-order valence-corrected chi connectivity index (χ4v) is 4.40. The van der Waals surface area contributed by atoms with Gasteiger partial charge in [-0.1, -0.05) is 26.0 Å². The van der Waals surface area contributed by atoms with Crippen LogP contribution in [0.3, 0.4) is 0 Å². The number of carbonyl (C=O) groups excluding carboxylic acids is 1. The second-order valence-corrected chi connectivity index (χ2v) is 9.20. The fraction of sp³-hybridized carbons (Fsp3) is 0.286. The molecule has 2 N–H and O–H groups in total. The molecule has 2 aromatic carbocycles. The number of hydrogen-bond donors (Lipinski definition) is 2. The molecule has 0 aliphatic carbocycles. The van der Waals surface area contributed by atoms with Crippen molar-refractivity contribution in [2.45, 2.75) is 31.6 Å². The highest BCUT2D eigenvalue weighted by atomic mass is 32.2. The molecular formula is C21H23FN2O4S. The molecule has 1 aliphatic rings. The number of amides is 1. The molecule has 1 amide bonds. The minimum Gasteiger partial charge on any atom is -0.483 e. The molecule has 0 spiro atoms. The third-order valence-corrected chi connectivity index (χ3v) is 6.19. The number of benzene rings is 2. The number of hydrazine groups is 1. The zero-order chi connectivity index (χ0) is 21.2. The predicted octanol–water partition coefficient (Wildman–Crippen LogP) is 3.09. The van der Waals surface area contributed by atoms with Gasteiger partial charge in [0.25, 0.3) is 5.91 Å². The molecule has 0 saturated carbocycles. The number of sulfone groups is 1. The van der Waals surface area contributed by atoms with Gasteiger partial charge in [-0.3, -0.25) is 15.6 Å². The summed E-state index contributed by atoms with van der Waals surface area (Å²) < 4.78 is 43.6. The lowest BCUT2D eigenvalue weighted by atomic mass is 10.0. The molecule has 0 aromatic heterocycles. The Labute approximate surface area is 169 Å². The second-order valence-electron chi connectivity index (χ2n) is 7.20. The van der Waals surface area contributed by atoms with Crippen LogP contribution in [0.25, 0.3) is 5.70 Å². The van der Waals surface area contributed by atoms with Gasteiger partial charge in [0.15, 0.2) is 16.4 Å². The molecule has 3 rings (SSSR count). The highest BCUT2D eigenvalue weighted by Crippen LogP contribution is 2.29. The summed E-state index contributed by atoms with van der Waals surface area (Å²) in [6, 6.07) is 9.29. The topological polar surface area (TPSA) is 84.5 Å². The molecule has 1 heterocycles. The maximum atomic E-state index is 13.6. The Morgan fingerprint density at radius 2 is 1.97 bits per heavy atom. The number of aryl methyl sites for hydroxylation is 1. The van der Waals surface area contributed by atoms with E-state index in [0.29, 0.717) is 11.4 Å². The summed E-state index contributed by atoms with van der Waals surface area (Å²) in [5.41, 5.74) is 7.68. The quantitative estimate of drug-likeness (QED) is 0.556. The summed E-state index contributed by atoms with van der Waals surface area (Å²) in [4.78, 5) is 12.2. The summed E-state index contributed by atoms with van der Waals surface area (Å²) in [6.45, 7) is 5.80. The number of halogens is 1. The average Bonchev–Trinajstić information content (AvgIpc) is 2.65. The molecule has 0 radical (unpaired) electrons. The molecule has 0 saturated heterocycles. The molecule has 0 bridgehead atoms. The Hall–Kier alpha value is -2.87. The maximum absolute atomic E-state index is 13.6. The Balaban J connectivity index is 1.66. The van der Waals surface area contributed by atoms with Gasteiger partial charge in [0.1, 0.15) is 11.6 Å². The van der Waals surface area contributed by atoms with E-state index in [-0.39, 0.29) is 28.7 Å². The highest BCUT2D eigenvalue weighted by molar-refractivity contribution is 7.91. The third kappa shape index (κ3) is 4.76. The lowest BCUT2D eigenvalue weighted by Gasteiger charge is -2.20. The van der Waals surface area contributed by atoms with Crippen LogP contribution in [0.4, 0.5) is 4.39 Å². The van der Waals surface area contributed by atoms with E-state index < -0.39 is 21.6 Å². The minimum absolute atomic E-state index is 0.0238. The molecule has 29 heavy (non-hydrogen) atoms. The summed E-state index contributed by atoms with van der Waals surface area (Å²) in [5, 5.41) is 0. The summed E-state index contributed by atoms with van der Waals surface area (Å²) in [7, 11) is -3.51. The smallest absolute Gasteiger partial charge is 0.276 e. The van der Waals surface area contributed by atoms with Gasteiger partial charge >= 0.3 is 0 Å². The molecule has 1 aliphatic heterocycles. The van der Waals surface area contributed by atoms with Crippen molar-refractivity contribution in [3.05, 3.63) is 65.0 Å². The van der Waals surface area contributed by atoms with E-state index in [4.69, 9.17) is 4.74 Å². The number of carbonyl (C=O) groups is 1. The SMILES string of the molecule is Cc1ccc(C(C)C)c(OCC(=O)NNC2=CCS(=O)(=O)c3ccc(F)cc32)c1. The zero-order valence-electron chi connectivity index (χ0n) is 16.5. The first-order valence-electron chi connectivity index (χ1n) is 9.18. The number of ether oxygens (including phenoxy) is 1. The van der Waals surface area contributed by atoms with Crippen molar-refractivity contribution in [1.82, 2.24) is 10.9 Å². The zero-order valence-corrected chi connectivity index (χ0v) is 17.3. The van der Waals surface area contributed by atoms with E-state index in [1.165, 1.54) is 12.1 Å². The molecule has 6 nitrogen and oxygen atoms in total. The minimum atomic E-state index is -3.51. The van der Waals surface area contributed by atoms with Crippen molar-refractivity contribution in [3.8, 4) is 5.75 Å². The van der Waals surface area contributed by atoms with Crippen LogP contribution in [-0.4, -0.2) is 26.7 Å². The Bertz CT molecular complexity index is 1080. The van der Waals surface area contributed by atoms with Crippen molar-refractivity contribution in [3.63, 3.8) is 0 Å². The molecule has 154 valence electrons. The van der Waals surface area contributed by atoms with Crippen LogP contribution in [0.1, 0.15) is 36.5 Å². The van der Waals surface area contributed by atoms with Gasteiger partial charge in [-0.2, -0.15) is 0 Å². The lowest BCUT2D eigenvalue weighted by molar-refractivity contribution is -0.123. The van der Waals surface area contributed by atoms with Crippen molar-refractivity contribution in [1.29, 1.82) is 0 Å². The van der Waals surface area contributed by atoms with Crippen LogP contribution < -0.4 is 15.6 Å². The Morgan fingerprint density at radius 1 is 1.21 bits per heavy atom. The largest absolute Gasteiger partial charge is 0.483 e. The predicted molar refractivity (Wildman–Crippen MR) is 108 cm³/mol. The van der Waals surface area contributed by atoms with Gasteiger partial charge < -0.3 is 4.74 Å². The first-order valence-corrected chi connectivity index (χ1v) is 10.8. The van der Waals surface area contributed by atoms with Crippen molar-refractivity contribution >= 4 is 21.4 Å². The van der Waals surface area contributed by atoms with Crippen molar-refractivity contribution in [2.75, 3.05) is 12.4 Å². The van der Waals surface area contributed by atoms with Gasteiger partial charge in [-0.25, -0.2) is 12.8 Å². The molecule has 2 aromatic rings. The van der Waals surface area contributed by atoms with Gasteiger partial charge in [-0.05, 0) is 54.3 Å². The number of nitrogens with one attached hydrogen (secondary N) is 2. The first-order chi connectivity index (χ1) is 13.7. The third-order valence-electron chi connectivity index (χ3n) is 4.56. The summed E-state index contributed by atoms with van der Waals surface area (Å²) in [5.74, 6) is -0.364. The number of hydrogen-bond acceptors (Lipinski definition) is 5. The van der Waals surface area contributed by atoms with Crippen LogP contribution in [0.2, 0.25) is 0 Å². The van der Waals surface area contributed by atoms with E-state index in [0.717, 1.165) is 23.3 Å². The average molecular weight is 418 g/mol. The first kappa shape index (κ1) is 20.9. The van der Waals surface area contributed by atoms with E-state index >= 15 is 0 Å². The molecule has 0 fully saturated rings. The highest BCUT2D eigenvalue weighted by Gasteiger charge is 2.25. The van der Waals surface area contributed by atoms with Crippen molar-refractivity contribution < 1.29 is 22.3 Å². The van der Waals surface area contributed by atoms with E-state index in [2.05, 4.69) is 10.9 Å². The molecule has 8 heteroatoms. The number of rotatable bonds is 6. The van der Waals surface area contributed by atoms with E-state index in [9.17, 15) is 17.6 Å². The normalized spacial score (nSPS) is 14.7. The van der Waals surface area contributed by atoms with Crippen LogP contribution in [0.15, 0.2) is 47.4 Å². The molecule has 0 unspecified atom stereocenters. The maximum Gasteiger partial charge on any atom is 0.276 e. The monoisotopic (exact) mass is 418 g/mol. The van der Waals surface area contributed by atoms with Crippen LogP contribution in [0.5, 0.6) is 5.75 Å². The Morgan fingerprint density at radius 3 is 2.69 bits per heavy atom. The van der Waals surface area contributed by atoms with Crippen LogP contribution >= 0.6 is 0 Å². The van der Waals surface area contributed by atoms with Gasteiger partial charge in [-0.15, -0.1) is 0 Å². The second kappa shape index (κ2) is 8.24. The fourth-order valence-electron chi connectivity index (χ4n) is 3.06. The molecular weight excluding hydrogens is 395 g/mol. The summed E-state index contributed by atoms with van der Waals surface area (Å²) in [6.07, 6.45) is 1.40. The van der Waals surface area contributed by atoms with Gasteiger partial charge in [0.05, 0.1) is 16.3 Å².